The number of hydrogen-bond acceptors (Lipinski definition) is 5. The van der Waals surface area contributed by atoms with Crippen LogP contribution in [0.25, 0.3) is 5.65 Å². The van der Waals surface area contributed by atoms with Gasteiger partial charge in [0.05, 0.1) is 17.8 Å². The number of imidazole rings is 1. The first-order valence-corrected chi connectivity index (χ1v) is 16.1. The first kappa shape index (κ1) is 29.6. The molecule has 0 saturated carbocycles. The lowest BCUT2D eigenvalue weighted by Crippen LogP contribution is -2.45. The van der Waals surface area contributed by atoms with Gasteiger partial charge in [0, 0.05) is 17.8 Å². The monoisotopic (exact) mass is 556 g/mol. The van der Waals surface area contributed by atoms with Gasteiger partial charge in [-0.1, -0.05) is 45.0 Å². The van der Waals surface area contributed by atoms with Crippen molar-refractivity contribution in [3.63, 3.8) is 0 Å². The van der Waals surface area contributed by atoms with Crippen molar-refractivity contribution in [2.45, 2.75) is 65.5 Å². The number of nitrogens with two attached hydrogens (primary N) is 1. The highest BCUT2D eigenvalue weighted by Gasteiger charge is 2.29. The van der Waals surface area contributed by atoms with Crippen molar-refractivity contribution in [1.29, 1.82) is 0 Å². The number of carbonyl (C=O) groups excluding carboxylic acids is 2. The zero-order valence-electron chi connectivity index (χ0n) is 23.1. The number of nitrogens with one attached hydrogen (secondary N) is 1. The maximum Gasteiger partial charge on any atom is 0.405 e. The molecule has 3 rings (SSSR count). The molecule has 3 aromatic rings. The number of ether oxygens (including phenoxy) is 2. The van der Waals surface area contributed by atoms with E-state index in [1.165, 1.54) is 6.07 Å². The third-order valence-electron chi connectivity index (χ3n) is 5.84. The van der Waals surface area contributed by atoms with E-state index in [9.17, 15) is 18.4 Å². The van der Waals surface area contributed by atoms with Crippen molar-refractivity contribution in [3.05, 3.63) is 64.6 Å². The second-order valence-corrected chi connectivity index (χ2v) is 15.4. The first-order valence-electron chi connectivity index (χ1n) is 12.6. The molecule has 3 N–H and O–H groups in total. The Morgan fingerprint density at radius 3 is 2.49 bits per heavy atom. The van der Waals surface area contributed by atoms with Gasteiger partial charge in [0.25, 0.3) is 5.91 Å². The van der Waals surface area contributed by atoms with Crippen molar-refractivity contribution in [3.8, 4) is 17.2 Å². The van der Waals surface area contributed by atoms with Gasteiger partial charge in [0.15, 0.2) is 11.4 Å². The molecule has 1 atom stereocenters. The Kier molecular flexibility index (Phi) is 9.02. The summed E-state index contributed by atoms with van der Waals surface area (Å²) in [5.41, 5.74) is 8.76. The van der Waals surface area contributed by atoms with Gasteiger partial charge in [-0.05, 0) is 32.4 Å². The maximum absolute atomic E-state index is 14.2. The lowest BCUT2D eigenvalue weighted by Gasteiger charge is -2.28. The van der Waals surface area contributed by atoms with Crippen molar-refractivity contribution < 1.29 is 27.8 Å². The van der Waals surface area contributed by atoms with Crippen LogP contribution in [0.3, 0.4) is 0 Å². The number of fused-ring (bicyclic) bond motifs is 1. The highest BCUT2D eigenvalue weighted by molar-refractivity contribution is 6.83. The Labute approximate surface area is 227 Å². The molecule has 1 unspecified atom stereocenters. The van der Waals surface area contributed by atoms with Gasteiger partial charge >= 0.3 is 6.09 Å². The Bertz CT molecular complexity index is 1440. The Morgan fingerprint density at radius 2 is 1.90 bits per heavy atom. The number of rotatable bonds is 9. The first-order chi connectivity index (χ1) is 18.2. The van der Waals surface area contributed by atoms with Crippen molar-refractivity contribution >= 4 is 25.7 Å². The number of aromatic nitrogens is 2. The van der Waals surface area contributed by atoms with E-state index in [2.05, 4.69) is 41.4 Å². The molecule has 1 aromatic carbocycles. The molecule has 0 saturated heterocycles. The largest absolute Gasteiger partial charge is 0.485 e. The molecule has 0 radical (unpaired) electrons. The van der Waals surface area contributed by atoms with Crippen LogP contribution >= 0.6 is 0 Å². The molecule has 2 amide bonds. The fourth-order valence-electron chi connectivity index (χ4n) is 4.05. The zero-order valence-corrected chi connectivity index (χ0v) is 24.1. The van der Waals surface area contributed by atoms with Crippen LogP contribution in [-0.2, 0) is 11.3 Å². The molecule has 39 heavy (non-hydrogen) atoms. The third-order valence-corrected chi connectivity index (χ3v) is 6.71. The van der Waals surface area contributed by atoms with E-state index in [-0.39, 0.29) is 35.8 Å². The molecule has 0 fully saturated rings. The van der Waals surface area contributed by atoms with Crippen molar-refractivity contribution in [2.24, 2.45) is 5.73 Å². The molecule has 2 aromatic heterocycles. The Hall–Kier alpha value is -3.91. The molecule has 0 aliphatic rings. The smallest absolute Gasteiger partial charge is 0.405 e. The van der Waals surface area contributed by atoms with Gasteiger partial charge in [-0.2, -0.15) is 0 Å². The van der Waals surface area contributed by atoms with Gasteiger partial charge in [0.2, 0.25) is 0 Å². The normalized spacial score (nSPS) is 12.8. The van der Waals surface area contributed by atoms with E-state index < -0.39 is 37.3 Å². The summed E-state index contributed by atoms with van der Waals surface area (Å²) in [4.78, 5) is 29.3. The number of pyridine rings is 1. The fourth-order valence-corrected chi connectivity index (χ4v) is 4.57. The molecule has 208 valence electrons. The molecule has 0 aliphatic heterocycles. The van der Waals surface area contributed by atoms with E-state index in [1.807, 2.05) is 6.92 Å². The molecule has 0 aliphatic carbocycles. The third kappa shape index (κ3) is 7.57. The summed E-state index contributed by atoms with van der Waals surface area (Å²) in [6.45, 7) is 11.2. The van der Waals surface area contributed by atoms with E-state index in [0.29, 0.717) is 24.1 Å². The molecular formula is C28H34F2N4O4Si. The molecule has 0 spiro atoms. The van der Waals surface area contributed by atoms with E-state index in [4.69, 9.17) is 15.2 Å². The molecule has 0 bridgehead atoms. The summed E-state index contributed by atoms with van der Waals surface area (Å²) < 4.78 is 41.1. The standard InChI is InChI=1S/C28H34F2N4O4Si/c1-7-12-28(3,38-27(31)36)17-32-26(35)24-18(2)33-25-23(37-16-20-21(29)9-8-10-22(20)30)14-19(15-34(24)25)11-13-39(4,5)6/h8-10,14-15H,7,12,16-17H2,1-6H3,(H2,31,36)(H,32,35). The quantitative estimate of drug-likeness (QED) is 0.281. The van der Waals surface area contributed by atoms with E-state index in [1.54, 1.807) is 30.5 Å². The zero-order chi connectivity index (χ0) is 29.0. The SMILES string of the molecule is CCCC(C)(CNC(=O)c1c(C)nc2c(OCc3c(F)cccc3F)cc(C#C[Si](C)(C)C)cn12)OC(N)=O. The summed E-state index contributed by atoms with van der Waals surface area (Å²) in [5.74, 6) is 1.44. The second kappa shape index (κ2) is 11.9. The van der Waals surface area contributed by atoms with Gasteiger partial charge < -0.3 is 20.5 Å². The van der Waals surface area contributed by atoms with Crippen LogP contribution in [-0.4, -0.2) is 41.6 Å². The summed E-state index contributed by atoms with van der Waals surface area (Å²) >= 11 is 0. The topological polar surface area (TPSA) is 108 Å². The molecule has 2 heterocycles. The van der Waals surface area contributed by atoms with Crippen LogP contribution in [0.1, 0.15) is 54.0 Å². The van der Waals surface area contributed by atoms with Crippen LogP contribution < -0.4 is 15.8 Å². The predicted octanol–water partition coefficient (Wildman–Crippen LogP) is 5.11. The number of hydrogen-bond donors (Lipinski definition) is 2. The number of halogens is 2. The minimum atomic E-state index is -1.75. The van der Waals surface area contributed by atoms with Crippen molar-refractivity contribution in [2.75, 3.05) is 6.54 Å². The Balaban J connectivity index is 2.04. The highest BCUT2D eigenvalue weighted by atomic mass is 28.3. The van der Waals surface area contributed by atoms with Crippen molar-refractivity contribution in [1.82, 2.24) is 14.7 Å². The number of carbonyl (C=O) groups is 2. The lowest BCUT2D eigenvalue weighted by molar-refractivity contribution is 0.0235. The minimum absolute atomic E-state index is 0.0281. The summed E-state index contributed by atoms with van der Waals surface area (Å²) in [5, 5.41) is 2.82. The average Bonchev–Trinajstić information content (AvgIpc) is 3.16. The fraction of sp³-hybridized carbons (Fsp3) is 0.393. The Morgan fingerprint density at radius 1 is 1.23 bits per heavy atom. The maximum atomic E-state index is 14.2. The van der Waals surface area contributed by atoms with Crippen LogP contribution in [0.4, 0.5) is 13.6 Å². The van der Waals surface area contributed by atoms with E-state index in [0.717, 1.165) is 12.1 Å². The van der Waals surface area contributed by atoms with Crippen LogP contribution in [0.5, 0.6) is 5.75 Å². The summed E-state index contributed by atoms with van der Waals surface area (Å²) in [7, 11) is -1.75. The predicted molar refractivity (Wildman–Crippen MR) is 147 cm³/mol. The lowest BCUT2D eigenvalue weighted by atomic mass is 10.0. The molecule has 11 heteroatoms. The molecule has 8 nitrogen and oxygen atoms in total. The van der Waals surface area contributed by atoms with Gasteiger partial charge in [-0.15, -0.1) is 5.54 Å². The number of amides is 2. The molecular weight excluding hydrogens is 522 g/mol. The van der Waals surface area contributed by atoms with Gasteiger partial charge in [0.1, 0.15) is 37.6 Å². The number of aryl methyl sites for hydroxylation is 1. The van der Waals surface area contributed by atoms with Gasteiger partial charge in [-0.3, -0.25) is 9.20 Å². The van der Waals surface area contributed by atoms with Crippen LogP contribution in [0.15, 0.2) is 30.5 Å². The van der Waals surface area contributed by atoms with Gasteiger partial charge in [-0.25, -0.2) is 18.6 Å². The summed E-state index contributed by atoms with van der Waals surface area (Å²) in [6.07, 6.45) is 1.95. The van der Waals surface area contributed by atoms with Crippen LogP contribution in [0, 0.1) is 30.0 Å². The number of benzene rings is 1. The highest BCUT2D eigenvalue weighted by Crippen LogP contribution is 2.26. The second-order valence-electron chi connectivity index (χ2n) is 10.6. The number of primary amides is 1. The van der Waals surface area contributed by atoms with E-state index >= 15 is 0 Å². The minimum Gasteiger partial charge on any atom is -0.485 e. The average molecular weight is 557 g/mol. The summed E-state index contributed by atoms with van der Waals surface area (Å²) in [6, 6.07) is 5.24. The number of nitrogens with zero attached hydrogens (tertiary/aromatic N) is 2. The van der Waals surface area contributed by atoms with Crippen LogP contribution in [0.2, 0.25) is 19.6 Å².